The Morgan fingerprint density at radius 2 is 1.93 bits per heavy atom. The van der Waals surface area contributed by atoms with Gasteiger partial charge in [0.2, 0.25) is 0 Å². The normalized spacial score (nSPS) is 12.7. The first kappa shape index (κ1) is 13.2. The van der Waals surface area contributed by atoms with Crippen molar-refractivity contribution in [1.29, 1.82) is 0 Å². The average Bonchev–Trinajstić information content (AvgIpc) is 2.13. The summed E-state index contributed by atoms with van der Waals surface area (Å²) < 4.78 is 10.1. The van der Waals surface area contributed by atoms with Crippen molar-refractivity contribution in [3.05, 3.63) is 0 Å². The summed E-state index contributed by atoms with van der Waals surface area (Å²) in [4.78, 5) is 13.1. The van der Waals surface area contributed by atoms with Crippen LogP contribution in [0.1, 0.15) is 27.7 Å². The van der Waals surface area contributed by atoms with Gasteiger partial charge in [0.25, 0.3) is 0 Å². The van der Waals surface area contributed by atoms with Gasteiger partial charge in [0.1, 0.15) is 0 Å². The number of rotatable bonds is 5. The van der Waals surface area contributed by atoms with Crippen LogP contribution in [-0.4, -0.2) is 43.4 Å². The van der Waals surface area contributed by atoms with Gasteiger partial charge in [-0.15, -0.1) is 0 Å². The number of methoxy groups -OCH3 is 1. The van der Waals surface area contributed by atoms with Crippen LogP contribution in [0, 0.1) is 0 Å². The lowest BCUT2D eigenvalue weighted by molar-refractivity contribution is 0.0495. The average molecular weight is 203 g/mol. The molecule has 84 valence electrons. The van der Waals surface area contributed by atoms with E-state index >= 15 is 0 Å². The second-order valence-electron chi connectivity index (χ2n) is 3.49. The van der Waals surface area contributed by atoms with Crippen molar-refractivity contribution < 1.29 is 14.3 Å². The molecule has 0 aliphatic heterocycles. The Balaban J connectivity index is 4.21. The van der Waals surface area contributed by atoms with Gasteiger partial charge in [-0.3, -0.25) is 0 Å². The second kappa shape index (κ2) is 6.65. The number of carbonyl (C=O) groups is 1. The van der Waals surface area contributed by atoms with Gasteiger partial charge < -0.3 is 14.4 Å². The molecular formula is C10H21NO3. The van der Waals surface area contributed by atoms with Gasteiger partial charge in [-0.05, 0) is 27.7 Å². The lowest BCUT2D eigenvalue weighted by atomic mass is 10.3. The number of hydrogen-bond acceptors (Lipinski definition) is 3. The zero-order chi connectivity index (χ0) is 11.1. The Morgan fingerprint density at radius 1 is 1.36 bits per heavy atom. The van der Waals surface area contributed by atoms with Gasteiger partial charge in [-0.2, -0.15) is 0 Å². The van der Waals surface area contributed by atoms with Crippen LogP contribution in [0.2, 0.25) is 0 Å². The Hall–Kier alpha value is -0.770. The summed E-state index contributed by atoms with van der Waals surface area (Å²) in [5.41, 5.74) is 0. The van der Waals surface area contributed by atoms with E-state index in [9.17, 15) is 4.79 Å². The molecule has 0 rings (SSSR count). The maximum atomic E-state index is 11.5. The minimum Gasteiger partial charge on any atom is -0.450 e. The maximum absolute atomic E-state index is 11.5. The van der Waals surface area contributed by atoms with Crippen LogP contribution in [-0.2, 0) is 9.47 Å². The van der Waals surface area contributed by atoms with E-state index in [0.717, 1.165) is 0 Å². The third-order valence-electron chi connectivity index (χ3n) is 1.98. The zero-order valence-corrected chi connectivity index (χ0v) is 9.74. The standard InChI is InChI=1S/C10H21NO3/c1-6-14-10(12)11(8(2)3)7-9(4)13-5/h8-9H,6-7H2,1-5H3. The van der Waals surface area contributed by atoms with Gasteiger partial charge >= 0.3 is 6.09 Å². The molecule has 0 aromatic rings. The van der Waals surface area contributed by atoms with E-state index in [1.807, 2.05) is 20.8 Å². The van der Waals surface area contributed by atoms with Crippen molar-refractivity contribution in [3.63, 3.8) is 0 Å². The van der Waals surface area contributed by atoms with Gasteiger partial charge in [0.15, 0.2) is 0 Å². The molecule has 0 aromatic carbocycles. The van der Waals surface area contributed by atoms with E-state index in [4.69, 9.17) is 9.47 Å². The summed E-state index contributed by atoms with van der Waals surface area (Å²) in [5.74, 6) is 0. The number of carbonyl (C=O) groups excluding carboxylic acids is 1. The molecule has 0 aromatic heterocycles. The largest absolute Gasteiger partial charge is 0.450 e. The van der Waals surface area contributed by atoms with E-state index in [-0.39, 0.29) is 18.2 Å². The highest BCUT2D eigenvalue weighted by Gasteiger charge is 2.19. The van der Waals surface area contributed by atoms with Gasteiger partial charge in [0, 0.05) is 13.2 Å². The molecule has 1 amide bonds. The van der Waals surface area contributed by atoms with Crippen LogP contribution in [0.5, 0.6) is 0 Å². The topological polar surface area (TPSA) is 38.8 Å². The van der Waals surface area contributed by atoms with Gasteiger partial charge in [-0.1, -0.05) is 0 Å². The molecule has 0 bridgehead atoms. The monoisotopic (exact) mass is 203 g/mol. The highest BCUT2D eigenvalue weighted by Crippen LogP contribution is 2.04. The van der Waals surface area contributed by atoms with Crippen LogP contribution in [0.4, 0.5) is 4.79 Å². The fourth-order valence-electron chi connectivity index (χ4n) is 1.05. The number of ether oxygens (including phenoxy) is 2. The summed E-state index contributed by atoms with van der Waals surface area (Å²) in [6.07, 6.45) is -0.242. The van der Waals surface area contributed by atoms with Crippen molar-refractivity contribution in [2.24, 2.45) is 0 Å². The minimum absolute atomic E-state index is 0.0295. The summed E-state index contributed by atoms with van der Waals surface area (Å²) in [7, 11) is 1.63. The molecule has 0 radical (unpaired) electrons. The molecule has 0 fully saturated rings. The minimum atomic E-state index is -0.272. The quantitative estimate of drug-likeness (QED) is 0.685. The molecule has 0 aliphatic rings. The Bertz CT molecular complexity index is 171. The van der Waals surface area contributed by atoms with Crippen LogP contribution < -0.4 is 0 Å². The Morgan fingerprint density at radius 3 is 2.29 bits per heavy atom. The fourth-order valence-corrected chi connectivity index (χ4v) is 1.05. The van der Waals surface area contributed by atoms with Crippen LogP contribution in [0.3, 0.4) is 0 Å². The highest BCUT2D eigenvalue weighted by atomic mass is 16.6. The second-order valence-corrected chi connectivity index (χ2v) is 3.49. The number of hydrogen-bond donors (Lipinski definition) is 0. The van der Waals surface area contributed by atoms with Crippen molar-refractivity contribution in [2.75, 3.05) is 20.3 Å². The molecule has 0 N–H and O–H groups in total. The SMILES string of the molecule is CCOC(=O)N(CC(C)OC)C(C)C. The van der Waals surface area contributed by atoms with E-state index in [2.05, 4.69) is 0 Å². The zero-order valence-electron chi connectivity index (χ0n) is 9.74. The van der Waals surface area contributed by atoms with Crippen LogP contribution in [0.15, 0.2) is 0 Å². The molecule has 4 nitrogen and oxygen atoms in total. The first-order valence-electron chi connectivity index (χ1n) is 4.99. The van der Waals surface area contributed by atoms with Crippen LogP contribution >= 0.6 is 0 Å². The molecule has 4 heteroatoms. The summed E-state index contributed by atoms with van der Waals surface area (Å²) in [6, 6.07) is 0.131. The van der Waals surface area contributed by atoms with E-state index in [1.54, 1.807) is 18.9 Å². The summed E-state index contributed by atoms with van der Waals surface area (Å²) in [6.45, 7) is 8.61. The molecule has 0 spiro atoms. The maximum Gasteiger partial charge on any atom is 0.410 e. The smallest absolute Gasteiger partial charge is 0.410 e. The predicted molar refractivity (Wildman–Crippen MR) is 55.3 cm³/mol. The molecule has 0 saturated heterocycles. The van der Waals surface area contributed by atoms with Gasteiger partial charge in [-0.25, -0.2) is 4.79 Å². The summed E-state index contributed by atoms with van der Waals surface area (Å²) in [5, 5.41) is 0. The van der Waals surface area contributed by atoms with Crippen molar-refractivity contribution in [3.8, 4) is 0 Å². The summed E-state index contributed by atoms with van der Waals surface area (Å²) >= 11 is 0. The highest BCUT2D eigenvalue weighted by molar-refractivity contribution is 5.67. The number of nitrogens with zero attached hydrogens (tertiary/aromatic N) is 1. The molecule has 0 aliphatic carbocycles. The molecule has 1 atom stereocenters. The Kier molecular flexibility index (Phi) is 6.28. The van der Waals surface area contributed by atoms with Gasteiger partial charge in [0.05, 0.1) is 19.3 Å². The Labute approximate surface area is 86.2 Å². The predicted octanol–water partition coefficient (Wildman–Crippen LogP) is 1.89. The van der Waals surface area contributed by atoms with E-state index < -0.39 is 0 Å². The van der Waals surface area contributed by atoms with E-state index in [1.165, 1.54) is 0 Å². The lowest BCUT2D eigenvalue weighted by Crippen LogP contribution is -2.42. The van der Waals surface area contributed by atoms with Crippen molar-refractivity contribution in [2.45, 2.75) is 39.8 Å². The molecule has 1 unspecified atom stereocenters. The van der Waals surface area contributed by atoms with Crippen LogP contribution in [0.25, 0.3) is 0 Å². The third-order valence-corrected chi connectivity index (χ3v) is 1.98. The number of amides is 1. The molecule has 0 heterocycles. The molecule has 14 heavy (non-hydrogen) atoms. The first-order valence-corrected chi connectivity index (χ1v) is 4.99. The van der Waals surface area contributed by atoms with Crippen molar-refractivity contribution >= 4 is 6.09 Å². The first-order chi connectivity index (χ1) is 6.52. The van der Waals surface area contributed by atoms with E-state index in [0.29, 0.717) is 13.2 Å². The fraction of sp³-hybridized carbons (Fsp3) is 0.900. The molecular weight excluding hydrogens is 182 g/mol. The van der Waals surface area contributed by atoms with Crippen molar-refractivity contribution in [1.82, 2.24) is 4.90 Å². The molecule has 0 saturated carbocycles. The lowest BCUT2D eigenvalue weighted by Gasteiger charge is -2.27. The third kappa shape index (κ3) is 4.46.